The van der Waals surface area contributed by atoms with Crippen LogP contribution in [0.15, 0.2) is 18.2 Å². The summed E-state index contributed by atoms with van der Waals surface area (Å²) in [5, 5.41) is 10.6. The minimum absolute atomic E-state index is 0.131. The van der Waals surface area contributed by atoms with E-state index >= 15 is 0 Å². The van der Waals surface area contributed by atoms with Gasteiger partial charge in [0.2, 0.25) is 0 Å². The summed E-state index contributed by atoms with van der Waals surface area (Å²) in [7, 11) is 0. The average Bonchev–Trinajstić information content (AvgIpc) is 2.21. The maximum Gasteiger partial charge on any atom is 0.317 e. The lowest BCUT2D eigenvalue weighted by atomic mass is 10.1. The van der Waals surface area contributed by atoms with Crippen molar-refractivity contribution in [2.75, 3.05) is 13.1 Å². The second kappa shape index (κ2) is 5.58. The number of ketones is 1. The van der Waals surface area contributed by atoms with Gasteiger partial charge in [-0.3, -0.25) is 14.9 Å². The number of rotatable bonds is 5. The zero-order chi connectivity index (χ0) is 12.1. The molecule has 0 radical (unpaired) electrons. The van der Waals surface area contributed by atoms with Crippen molar-refractivity contribution in [3.05, 3.63) is 34.6 Å². The van der Waals surface area contributed by atoms with Gasteiger partial charge in [0.05, 0.1) is 18.1 Å². The van der Waals surface area contributed by atoms with Crippen LogP contribution in [-0.2, 0) is 4.79 Å². The van der Waals surface area contributed by atoms with Gasteiger partial charge in [0.25, 0.3) is 0 Å². The Bertz CT molecular complexity index is 423. The van der Waals surface area contributed by atoms with Gasteiger partial charge in [0.15, 0.2) is 5.78 Å². The van der Waals surface area contributed by atoms with Gasteiger partial charge in [0.1, 0.15) is 5.82 Å². The molecule has 2 N–H and O–H groups in total. The zero-order valence-corrected chi connectivity index (χ0v) is 8.92. The van der Waals surface area contributed by atoms with Gasteiger partial charge in [-0.2, -0.15) is 0 Å². The molecule has 1 rings (SSSR count). The Morgan fingerprint density at radius 1 is 1.38 bits per heavy atom. The predicted molar refractivity (Wildman–Crippen MR) is 56.2 cm³/mol. The molecular weight excluding hydrogens is 237 g/mol. The third-order valence-corrected chi connectivity index (χ3v) is 2.09. The lowest BCUT2D eigenvalue weighted by Crippen LogP contribution is -2.28. The number of Topliss-reactive ketones (excluding diaryl/α,β-unsaturated/α-hetero) is 1. The fraction of sp³-hybridized carbons (Fsp3) is 0.200. The van der Waals surface area contributed by atoms with Crippen LogP contribution in [0.3, 0.4) is 0 Å². The molecule has 0 saturated heterocycles. The molecule has 0 amide bonds. The van der Waals surface area contributed by atoms with E-state index in [0.29, 0.717) is 0 Å². The minimum atomic E-state index is -1.05. The summed E-state index contributed by atoms with van der Waals surface area (Å²) < 4.78 is 12.8. The topological polar surface area (TPSA) is 66.4 Å². The molecule has 0 bridgehead atoms. The number of carboxylic acid groups (broad SMARTS) is 1. The maximum absolute atomic E-state index is 12.8. The molecule has 16 heavy (non-hydrogen) atoms. The summed E-state index contributed by atoms with van der Waals surface area (Å²) >= 11 is 5.50. The number of aliphatic carboxylic acids is 1. The molecule has 0 fully saturated rings. The summed E-state index contributed by atoms with van der Waals surface area (Å²) in [5.74, 6) is -2.00. The number of carbonyl (C=O) groups is 2. The van der Waals surface area contributed by atoms with Crippen LogP contribution < -0.4 is 5.32 Å². The number of nitrogens with one attached hydrogen (secondary N) is 1. The number of carboxylic acids is 1. The van der Waals surface area contributed by atoms with E-state index in [1.807, 2.05) is 0 Å². The van der Waals surface area contributed by atoms with Crippen LogP contribution >= 0.6 is 11.6 Å². The van der Waals surface area contributed by atoms with Crippen molar-refractivity contribution in [1.29, 1.82) is 0 Å². The first kappa shape index (κ1) is 12.6. The third kappa shape index (κ3) is 3.60. The van der Waals surface area contributed by atoms with E-state index in [0.717, 1.165) is 6.07 Å². The van der Waals surface area contributed by atoms with Gasteiger partial charge in [0, 0.05) is 5.56 Å². The zero-order valence-electron chi connectivity index (χ0n) is 8.17. The number of halogens is 2. The van der Waals surface area contributed by atoms with Gasteiger partial charge in [-0.15, -0.1) is 0 Å². The SMILES string of the molecule is O=C(O)CNCC(=O)c1ccc(F)c(Cl)c1. The van der Waals surface area contributed by atoms with E-state index in [-0.39, 0.29) is 29.5 Å². The van der Waals surface area contributed by atoms with Crippen molar-refractivity contribution >= 4 is 23.4 Å². The monoisotopic (exact) mass is 245 g/mol. The van der Waals surface area contributed by atoms with Crippen molar-refractivity contribution < 1.29 is 19.1 Å². The smallest absolute Gasteiger partial charge is 0.317 e. The summed E-state index contributed by atoms with van der Waals surface area (Å²) in [6, 6.07) is 3.60. The largest absolute Gasteiger partial charge is 0.480 e. The fourth-order valence-corrected chi connectivity index (χ4v) is 1.24. The Morgan fingerprint density at radius 3 is 2.62 bits per heavy atom. The van der Waals surface area contributed by atoms with Crippen LogP contribution in [0.4, 0.5) is 4.39 Å². The van der Waals surface area contributed by atoms with E-state index in [9.17, 15) is 14.0 Å². The van der Waals surface area contributed by atoms with Gasteiger partial charge in [-0.25, -0.2) is 4.39 Å². The van der Waals surface area contributed by atoms with Gasteiger partial charge < -0.3 is 5.11 Å². The van der Waals surface area contributed by atoms with Crippen LogP contribution in [0, 0.1) is 5.82 Å². The number of hydrogen-bond donors (Lipinski definition) is 2. The van der Waals surface area contributed by atoms with Crippen molar-refractivity contribution in [2.24, 2.45) is 0 Å². The molecule has 0 saturated carbocycles. The van der Waals surface area contributed by atoms with Crippen LogP contribution in [-0.4, -0.2) is 29.9 Å². The van der Waals surface area contributed by atoms with Crippen LogP contribution in [0.1, 0.15) is 10.4 Å². The third-order valence-electron chi connectivity index (χ3n) is 1.80. The van der Waals surface area contributed by atoms with Crippen molar-refractivity contribution in [1.82, 2.24) is 5.32 Å². The Morgan fingerprint density at radius 2 is 2.06 bits per heavy atom. The Hall–Kier alpha value is -1.46. The molecule has 0 atom stereocenters. The van der Waals surface area contributed by atoms with Crippen molar-refractivity contribution in [3.8, 4) is 0 Å². The Kier molecular flexibility index (Phi) is 4.39. The molecule has 0 unspecified atom stereocenters. The predicted octanol–water partition coefficient (Wildman–Crippen LogP) is 1.34. The molecule has 4 nitrogen and oxygen atoms in total. The highest BCUT2D eigenvalue weighted by molar-refractivity contribution is 6.31. The maximum atomic E-state index is 12.8. The molecule has 0 aliphatic heterocycles. The first-order valence-electron chi connectivity index (χ1n) is 4.41. The second-order valence-electron chi connectivity index (χ2n) is 3.05. The first-order chi connectivity index (χ1) is 7.50. The normalized spacial score (nSPS) is 10.1. The van der Waals surface area contributed by atoms with E-state index in [1.165, 1.54) is 12.1 Å². The summed E-state index contributed by atoms with van der Waals surface area (Å²) in [6.45, 7) is -0.436. The molecule has 1 aromatic carbocycles. The number of carbonyl (C=O) groups excluding carboxylic acids is 1. The molecule has 1 aromatic rings. The van der Waals surface area contributed by atoms with Crippen molar-refractivity contribution in [3.63, 3.8) is 0 Å². The van der Waals surface area contributed by atoms with Gasteiger partial charge in [-0.05, 0) is 18.2 Å². The summed E-state index contributed by atoms with van der Waals surface area (Å²) in [6.07, 6.45) is 0. The highest BCUT2D eigenvalue weighted by atomic mass is 35.5. The lowest BCUT2D eigenvalue weighted by molar-refractivity contribution is -0.135. The molecule has 6 heteroatoms. The van der Waals surface area contributed by atoms with Gasteiger partial charge >= 0.3 is 5.97 Å². The van der Waals surface area contributed by atoms with Crippen LogP contribution in [0.2, 0.25) is 5.02 Å². The molecule has 86 valence electrons. The summed E-state index contributed by atoms with van der Waals surface area (Å²) in [5.41, 5.74) is 0.240. The van der Waals surface area contributed by atoms with Gasteiger partial charge in [-0.1, -0.05) is 11.6 Å². The highest BCUT2D eigenvalue weighted by Gasteiger charge is 2.08. The standard InChI is InChI=1S/C10H9ClFNO3/c11-7-3-6(1-2-8(7)12)9(14)4-13-5-10(15)16/h1-3,13H,4-5H2,(H,15,16). The van der Waals surface area contributed by atoms with Crippen molar-refractivity contribution in [2.45, 2.75) is 0 Å². The second-order valence-corrected chi connectivity index (χ2v) is 3.46. The van der Waals surface area contributed by atoms with E-state index in [4.69, 9.17) is 16.7 Å². The molecule has 0 aromatic heterocycles. The number of benzene rings is 1. The van der Waals surface area contributed by atoms with Crippen LogP contribution in [0.5, 0.6) is 0 Å². The molecular formula is C10H9ClFNO3. The minimum Gasteiger partial charge on any atom is -0.480 e. The molecule has 0 spiro atoms. The molecule has 0 aliphatic rings. The highest BCUT2D eigenvalue weighted by Crippen LogP contribution is 2.16. The summed E-state index contributed by atoms with van der Waals surface area (Å²) in [4.78, 5) is 21.6. The Labute approximate surface area is 96.0 Å². The van der Waals surface area contributed by atoms with E-state index < -0.39 is 11.8 Å². The molecule has 0 heterocycles. The fourth-order valence-electron chi connectivity index (χ4n) is 1.05. The first-order valence-corrected chi connectivity index (χ1v) is 4.79. The van der Waals surface area contributed by atoms with E-state index in [1.54, 1.807) is 0 Å². The number of hydrogen-bond acceptors (Lipinski definition) is 3. The Balaban J connectivity index is 2.59. The quantitative estimate of drug-likeness (QED) is 0.769. The molecule has 0 aliphatic carbocycles. The lowest BCUT2D eigenvalue weighted by Gasteiger charge is -2.02. The van der Waals surface area contributed by atoms with E-state index in [2.05, 4.69) is 5.32 Å². The average molecular weight is 246 g/mol. The van der Waals surface area contributed by atoms with Crippen LogP contribution in [0.25, 0.3) is 0 Å².